The second-order valence-electron chi connectivity index (χ2n) is 8.84. The summed E-state index contributed by atoms with van der Waals surface area (Å²) in [6, 6.07) is 11.2. The van der Waals surface area contributed by atoms with Gasteiger partial charge < -0.3 is 10.1 Å². The van der Waals surface area contributed by atoms with Gasteiger partial charge in [0.15, 0.2) is 5.11 Å². The minimum atomic E-state index is -3.63. The van der Waals surface area contributed by atoms with Crippen LogP contribution in [0.25, 0.3) is 0 Å². The molecule has 34 heavy (non-hydrogen) atoms. The molecule has 0 aliphatic carbocycles. The first-order chi connectivity index (χ1) is 15.9. The van der Waals surface area contributed by atoms with Gasteiger partial charge in [-0.25, -0.2) is 13.1 Å². The maximum absolute atomic E-state index is 12.6. The molecular formula is C24H32BrN3O4S2. The molecule has 0 radical (unpaired) electrons. The fourth-order valence-electron chi connectivity index (χ4n) is 2.99. The average Bonchev–Trinajstić information content (AvgIpc) is 2.73. The summed E-state index contributed by atoms with van der Waals surface area (Å²) in [5.74, 6) is 0.311. The van der Waals surface area contributed by atoms with Crippen LogP contribution in [0.2, 0.25) is 0 Å². The van der Waals surface area contributed by atoms with E-state index in [0.717, 1.165) is 12.8 Å². The number of amides is 1. The number of unbranched alkanes of at least 4 members (excludes halogenated alkanes) is 3. The van der Waals surface area contributed by atoms with Gasteiger partial charge in [0.05, 0.1) is 16.0 Å². The molecule has 2 aromatic carbocycles. The van der Waals surface area contributed by atoms with Crippen molar-refractivity contribution in [3.05, 3.63) is 52.5 Å². The van der Waals surface area contributed by atoms with Gasteiger partial charge in [-0.2, -0.15) is 0 Å². The third kappa shape index (κ3) is 9.32. The van der Waals surface area contributed by atoms with Crippen LogP contribution in [0.3, 0.4) is 0 Å². The maximum Gasteiger partial charge on any atom is 0.257 e. The Morgan fingerprint density at radius 3 is 2.32 bits per heavy atom. The molecule has 186 valence electrons. The highest BCUT2D eigenvalue weighted by Gasteiger charge is 2.21. The van der Waals surface area contributed by atoms with E-state index in [-0.39, 0.29) is 15.9 Å². The lowest BCUT2D eigenvalue weighted by Gasteiger charge is -2.20. The molecule has 7 nitrogen and oxygen atoms in total. The Balaban J connectivity index is 1.92. The summed E-state index contributed by atoms with van der Waals surface area (Å²) in [6.45, 7) is 8.11. The molecule has 0 saturated heterocycles. The number of halogens is 1. The zero-order valence-electron chi connectivity index (χ0n) is 19.9. The number of carbonyl (C=O) groups is 1. The quantitative estimate of drug-likeness (QED) is 0.254. The van der Waals surface area contributed by atoms with E-state index in [1.165, 1.54) is 25.0 Å². The van der Waals surface area contributed by atoms with Crippen molar-refractivity contribution in [3.8, 4) is 5.75 Å². The minimum absolute atomic E-state index is 0.0980. The van der Waals surface area contributed by atoms with Crippen molar-refractivity contribution in [2.24, 2.45) is 0 Å². The summed E-state index contributed by atoms with van der Waals surface area (Å²) in [5.41, 5.74) is 0.382. The van der Waals surface area contributed by atoms with Crippen LogP contribution < -0.4 is 20.1 Å². The molecule has 0 bridgehead atoms. The number of carbonyl (C=O) groups excluding carboxylic acids is 1. The van der Waals surface area contributed by atoms with E-state index in [0.29, 0.717) is 28.1 Å². The number of ether oxygens (including phenoxy) is 1. The van der Waals surface area contributed by atoms with Gasteiger partial charge in [-0.1, -0.05) is 26.2 Å². The highest BCUT2D eigenvalue weighted by molar-refractivity contribution is 9.10. The number of rotatable bonds is 10. The first kappa shape index (κ1) is 28.2. The molecule has 0 aliphatic rings. The Hall–Kier alpha value is -2.01. The largest absolute Gasteiger partial charge is 0.492 e. The van der Waals surface area contributed by atoms with Crippen LogP contribution in [0.1, 0.15) is 63.7 Å². The van der Waals surface area contributed by atoms with E-state index in [2.05, 4.69) is 38.2 Å². The molecule has 1 amide bonds. The van der Waals surface area contributed by atoms with Crippen molar-refractivity contribution in [1.29, 1.82) is 0 Å². The standard InChI is InChI=1S/C24H32BrN3O4S2/c1-5-6-7-8-15-32-21-14-9-17(16-20(21)25)22(29)27-23(33)26-18-10-12-19(13-11-18)34(30,31)28-24(2,3)4/h9-14,16,28H,5-8,15H2,1-4H3,(H2,26,27,29,33). The van der Waals surface area contributed by atoms with Crippen LogP contribution in [-0.4, -0.2) is 31.6 Å². The monoisotopic (exact) mass is 569 g/mol. The van der Waals surface area contributed by atoms with Crippen molar-refractivity contribution >= 4 is 54.9 Å². The van der Waals surface area contributed by atoms with Crippen LogP contribution >= 0.6 is 28.1 Å². The lowest BCUT2D eigenvalue weighted by atomic mass is 10.1. The van der Waals surface area contributed by atoms with E-state index >= 15 is 0 Å². The van der Waals surface area contributed by atoms with Crippen molar-refractivity contribution in [2.45, 2.75) is 63.8 Å². The fourth-order valence-corrected chi connectivity index (χ4v) is 5.11. The van der Waals surface area contributed by atoms with Crippen LogP contribution in [0, 0.1) is 0 Å². The predicted molar refractivity (Wildman–Crippen MR) is 144 cm³/mol. The van der Waals surface area contributed by atoms with Gasteiger partial charge in [0.1, 0.15) is 5.75 Å². The van der Waals surface area contributed by atoms with Gasteiger partial charge in [-0.3, -0.25) is 10.1 Å². The number of nitrogens with one attached hydrogen (secondary N) is 3. The van der Waals surface area contributed by atoms with Crippen molar-refractivity contribution in [2.75, 3.05) is 11.9 Å². The number of anilines is 1. The van der Waals surface area contributed by atoms with Crippen LogP contribution in [0.4, 0.5) is 5.69 Å². The normalized spacial score (nSPS) is 11.7. The molecule has 0 fully saturated rings. The lowest BCUT2D eigenvalue weighted by molar-refractivity contribution is 0.0977. The highest BCUT2D eigenvalue weighted by atomic mass is 79.9. The van der Waals surface area contributed by atoms with Gasteiger partial charge in [0.25, 0.3) is 5.91 Å². The molecule has 3 N–H and O–H groups in total. The van der Waals surface area contributed by atoms with Gasteiger partial charge in [-0.15, -0.1) is 0 Å². The topological polar surface area (TPSA) is 96.5 Å². The second kappa shape index (κ2) is 12.6. The third-order valence-electron chi connectivity index (χ3n) is 4.54. The van der Waals surface area contributed by atoms with Gasteiger partial charge >= 0.3 is 0 Å². The molecule has 0 heterocycles. The first-order valence-electron chi connectivity index (χ1n) is 11.1. The SMILES string of the molecule is CCCCCCOc1ccc(C(=O)NC(=S)Nc2ccc(S(=O)(=O)NC(C)(C)C)cc2)cc1Br. The third-order valence-corrected chi connectivity index (χ3v) is 7.14. The Bertz CT molecular complexity index is 1100. The average molecular weight is 571 g/mol. The Kier molecular flexibility index (Phi) is 10.5. The van der Waals surface area contributed by atoms with Gasteiger partial charge in [0, 0.05) is 16.8 Å². The van der Waals surface area contributed by atoms with Gasteiger partial charge in [-0.05, 0) is 97.8 Å². The van der Waals surface area contributed by atoms with E-state index in [1.807, 2.05) is 0 Å². The zero-order chi connectivity index (χ0) is 25.4. The summed E-state index contributed by atoms with van der Waals surface area (Å²) >= 11 is 8.68. The molecular weight excluding hydrogens is 538 g/mol. The van der Waals surface area contributed by atoms with Crippen LogP contribution in [0.15, 0.2) is 51.8 Å². The minimum Gasteiger partial charge on any atom is -0.492 e. The zero-order valence-corrected chi connectivity index (χ0v) is 23.1. The van der Waals surface area contributed by atoms with Crippen molar-refractivity contribution in [3.63, 3.8) is 0 Å². The molecule has 0 spiro atoms. The molecule has 2 aromatic rings. The number of benzene rings is 2. The Morgan fingerprint density at radius 2 is 1.74 bits per heavy atom. The fraction of sp³-hybridized carbons (Fsp3) is 0.417. The number of thiocarbonyl (C=S) groups is 1. The van der Waals surface area contributed by atoms with E-state index in [1.54, 1.807) is 51.1 Å². The van der Waals surface area contributed by atoms with Crippen molar-refractivity contribution in [1.82, 2.24) is 10.0 Å². The number of hydrogen-bond acceptors (Lipinski definition) is 5. The van der Waals surface area contributed by atoms with E-state index < -0.39 is 15.6 Å². The maximum atomic E-state index is 12.6. The molecule has 0 saturated carbocycles. The predicted octanol–water partition coefficient (Wildman–Crippen LogP) is 5.61. The number of hydrogen-bond donors (Lipinski definition) is 3. The summed E-state index contributed by atoms with van der Waals surface area (Å²) in [4.78, 5) is 12.7. The Labute approximate surface area is 216 Å². The summed E-state index contributed by atoms with van der Waals surface area (Å²) < 4.78 is 33.9. The molecule has 10 heteroatoms. The first-order valence-corrected chi connectivity index (χ1v) is 13.8. The molecule has 0 aliphatic heterocycles. The summed E-state index contributed by atoms with van der Waals surface area (Å²) in [5, 5.41) is 5.61. The molecule has 0 aromatic heterocycles. The lowest BCUT2D eigenvalue weighted by Crippen LogP contribution is -2.40. The summed E-state index contributed by atoms with van der Waals surface area (Å²) in [6.07, 6.45) is 4.48. The summed E-state index contributed by atoms with van der Waals surface area (Å²) in [7, 11) is -3.63. The van der Waals surface area contributed by atoms with Crippen LogP contribution in [0.5, 0.6) is 5.75 Å². The second-order valence-corrected chi connectivity index (χ2v) is 11.8. The highest BCUT2D eigenvalue weighted by Crippen LogP contribution is 2.26. The van der Waals surface area contributed by atoms with Gasteiger partial charge in [0.2, 0.25) is 10.0 Å². The van der Waals surface area contributed by atoms with Crippen molar-refractivity contribution < 1.29 is 17.9 Å². The Morgan fingerprint density at radius 1 is 1.06 bits per heavy atom. The smallest absolute Gasteiger partial charge is 0.257 e. The number of sulfonamides is 1. The van der Waals surface area contributed by atoms with E-state index in [9.17, 15) is 13.2 Å². The van der Waals surface area contributed by atoms with Crippen LogP contribution in [-0.2, 0) is 10.0 Å². The molecule has 2 rings (SSSR count). The van der Waals surface area contributed by atoms with E-state index in [4.69, 9.17) is 17.0 Å². The molecule has 0 unspecified atom stereocenters. The molecule has 0 atom stereocenters.